The molecule has 0 saturated carbocycles. The minimum Gasteiger partial charge on any atom is -0.390 e. The fourth-order valence-corrected chi connectivity index (χ4v) is 1.74. The zero-order chi connectivity index (χ0) is 13.4. The molecule has 0 amide bonds. The maximum absolute atomic E-state index is 11.8. The zero-order valence-electron chi connectivity index (χ0n) is 11.1. The van der Waals surface area contributed by atoms with E-state index in [9.17, 15) is 9.90 Å². The van der Waals surface area contributed by atoms with Gasteiger partial charge in [-0.3, -0.25) is 9.13 Å². The average Bonchev–Trinajstić information content (AvgIpc) is 2.68. The number of nitrogens with zero attached hydrogens (tertiary/aromatic N) is 2. The molecule has 0 aliphatic heterocycles. The van der Waals surface area contributed by atoms with E-state index < -0.39 is 6.10 Å². The lowest BCUT2D eigenvalue weighted by molar-refractivity contribution is 0.142. The van der Waals surface area contributed by atoms with Gasteiger partial charge in [0, 0.05) is 39.1 Å². The Morgan fingerprint density at radius 3 is 2.83 bits per heavy atom. The Morgan fingerprint density at radius 2 is 2.17 bits per heavy atom. The van der Waals surface area contributed by atoms with Crippen LogP contribution in [-0.2, 0) is 17.8 Å². The predicted octanol–water partition coefficient (Wildman–Crippen LogP) is -0.343. The highest BCUT2D eigenvalue weighted by molar-refractivity contribution is 4.82. The summed E-state index contributed by atoms with van der Waals surface area (Å²) in [7, 11) is 1.63. The van der Waals surface area contributed by atoms with Gasteiger partial charge in [0.1, 0.15) is 0 Å². The molecule has 2 N–H and O–H groups in total. The summed E-state index contributed by atoms with van der Waals surface area (Å²) in [5.41, 5.74) is -0.0622. The van der Waals surface area contributed by atoms with E-state index in [1.807, 2.05) is 6.92 Å². The fourth-order valence-electron chi connectivity index (χ4n) is 1.74. The molecule has 1 unspecified atom stereocenters. The first kappa shape index (κ1) is 14.9. The third-order valence-corrected chi connectivity index (χ3v) is 2.65. The van der Waals surface area contributed by atoms with Gasteiger partial charge in [0.05, 0.1) is 19.3 Å². The molecule has 0 bridgehead atoms. The molecule has 1 aromatic rings. The summed E-state index contributed by atoms with van der Waals surface area (Å²) in [6.07, 6.45) is 3.83. The molecule has 1 aromatic heterocycles. The Labute approximate surface area is 107 Å². The second-order valence-corrected chi connectivity index (χ2v) is 4.28. The van der Waals surface area contributed by atoms with Crippen molar-refractivity contribution in [1.82, 2.24) is 14.5 Å². The lowest BCUT2D eigenvalue weighted by atomic mass is 10.3. The van der Waals surface area contributed by atoms with Gasteiger partial charge in [0.25, 0.3) is 0 Å². The quantitative estimate of drug-likeness (QED) is 0.594. The molecule has 18 heavy (non-hydrogen) atoms. The molecular weight excluding hydrogens is 234 g/mol. The molecule has 6 heteroatoms. The minimum absolute atomic E-state index is 0.0622. The topological polar surface area (TPSA) is 68.4 Å². The molecule has 0 spiro atoms. The van der Waals surface area contributed by atoms with Crippen LogP contribution in [0, 0.1) is 0 Å². The van der Waals surface area contributed by atoms with Crippen molar-refractivity contribution in [2.45, 2.75) is 32.5 Å². The Hall–Kier alpha value is -1.11. The van der Waals surface area contributed by atoms with Crippen LogP contribution in [0.1, 0.15) is 13.3 Å². The maximum Gasteiger partial charge on any atom is 0.328 e. The van der Waals surface area contributed by atoms with Gasteiger partial charge in [-0.05, 0) is 6.42 Å². The van der Waals surface area contributed by atoms with Gasteiger partial charge >= 0.3 is 5.69 Å². The van der Waals surface area contributed by atoms with E-state index in [2.05, 4.69) is 5.32 Å². The van der Waals surface area contributed by atoms with Crippen LogP contribution < -0.4 is 11.0 Å². The number of aliphatic hydroxyl groups is 1. The van der Waals surface area contributed by atoms with Crippen LogP contribution in [0.2, 0.25) is 0 Å². The van der Waals surface area contributed by atoms with Crippen molar-refractivity contribution in [2.24, 2.45) is 0 Å². The first-order valence-corrected chi connectivity index (χ1v) is 6.32. The summed E-state index contributed by atoms with van der Waals surface area (Å²) in [5, 5.41) is 12.9. The van der Waals surface area contributed by atoms with Crippen LogP contribution in [0.4, 0.5) is 0 Å². The van der Waals surface area contributed by atoms with Crippen molar-refractivity contribution in [3.8, 4) is 0 Å². The third-order valence-electron chi connectivity index (χ3n) is 2.65. The van der Waals surface area contributed by atoms with Crippen LogP contribution in [0.5, 0.6) is 0 Å². The molecular formula is C12H23N3O3. The molecule has 1 heterocycles. The van der Waals surface area contributed by atoms with Gasteiger partial charge in [-0.25, -0.2) is 4.79 Å². The minimum atomic E-state index is -0.572. The van der Waals surface area contributed by atoms with Crippen molar-refractivity contribution >= 4 is 0 Å². The predicted molar refractivity (Wildman–Crippen MR) is 69.7 cm³/mol. The van der Waals surface area contributed by atoms with Gasteiger partial charge in [-0.2, -0.15) is 0 Å². The number of imidazole rings is 1. The molecule has 0 saturated heterocycles. The van der Waals surface area contributed by atoms with Crippen LogP contribution in [0.3, 0.4) is 0 Å². The van der Waals surface area contributed by atoms with Gasteiger partial charge in [-0.1, -0.05) is 6.92 Å². The van der Waals surface area contributed by atoms with Gasteiger partial charge in [-0.15, -0.1) is 0 Å². The maximum atomic E-state index is 11.8. The Kier molecular flexibility index (Phi) is 6.70. The molecule has 0 fully saturated rings. The summed E-state index contributed by atoms with van der Waals surface area (Å²) < 4.78 is 8.09. The summed E-state index contributed by atoms with van der Waals surface area (Å²) in [4.78, 5) is 11.8. The van der Waals surface area contributed by atoms with Crippen molar-refractivity contribution in [1.29, 1.82) is 0 Å². The third kappa shape index (κ3) is 4.64. The average molecular weight is 257 g/mol. The fraction of sp³-hybridized carbons (Fsp3) is 0.750. The highest BCUT2D eigenvalue weighted by atomic mass is 16.5. The van der Waals surface area contributed by atoms with Crippen LogP contribution in [0.15, 0.2) is 17.2 Å². The SMILES string of the molecule is CCCn1ccn(CC(O)CNCCOC)c1=O. The van der Waals surface area contributed by atoms with Crippen molar-refractivity contribution in [3.63, 3.8) is 0 Å². The first-order chi connectivity index (χ1) is 8.69. The summed E-state index contributed by atoms with van der Waals surface area (Å²) in [6.45, 7) is 4.81. The molecule has 0 radical (unpaired) electrons. The van der Waals surface area contributed by atoms with E-state index in [0.717, 1.165) is 6.42 Å². The molecule has 0 aliphatic carbocycles. The van der Waals surface area contributed by atoms with E-state index in [1.165, 1.54) is 0 Å². The molecule has 1 rings (SSSR count). The Morgan fingerprint density at radius 1 is 1.44 bits per heavy atom. The molecule has 0 aromatic carbocycles. The number of hydrogen-bond donors (Lipinski definition) is 2. The number of ether oxygens (including phenoxy) is 1. The standard InChI is InChI=1S/C12H23N3O3/c1-3-5-14-6-7-15(12(14)17)10-11(16)9-13-4-8-18-2/h6-7,11,13,16H,3-5,8-10H2,1-2H3. The van der Waals surface area contributed by atoms with E-state index in [1.54, 1.807) is 28.6 Å². The number of nitrogens with one attached hydrogen (secondary N) is 1. The smallest absolute Gasteiger partial charge is 0.328 e. The van der Waals surface area contributed by atoms with Crippen molar-refractivity contribution < 1.29 is 9.84 Å². The summed E-state index contributed by atoms with van der Waals surface area (Å²) in [5.74, 6) is 0. The van der Waals surface area contributed by atoms with Crippen LogP contribution in [0.25, 0.3) is 0 Å². The Balaban J connectivity index is 2.39. The molecule has 6 nitrogen and oxygen atoms in total. The molecule has 104 valence electrons. The number of aliphatic hydroxyl groups excluding tert-OH is 1. The van der Waals surface area contributed by atoms with E-state index >= 15 is 0 Å². The largest absolute Gasteiger partial charge is 0.390 e. The number of aromatic nitrogens is 2. The first-order valence-electron chi connectivity index (χ1n) is 6.32. The monoisotopic (exact) mass is 257 g/mol. The zero-order valence-corrected chi connectivity index (χ0v) is 11.1. The highest BCUT2D eigenvalue weighted by Crippen LogP contribution is 1.91. The second-order valence-electron chi connectivity index (χ2n) is 4.28. The summed E-state index contributed by atoms with van der Waals surface area (Å²) >= 11 is 0. The lowest BCUT2D eigenvalue weighted by Crippen LogP contribution is -2.35. The van der Waals surface area contributed by atoms with Crippen molar-refractivity contribution in [2.75, 3.05) is 26.8 Å². The van der Waals surface area contributed by atoms with Crippen molar-refractivity contribution in [3.05, 3.63) is 22.9 Å². The van der Waals surface area contributed by atoms with E-state index in [4.69, 9.17) is 4.74 Å². The van der Waals surface area contributed by atoms with Gasteiger partial charge in [0.2, 0.25) is 0 Å². The molecule has 1 atom stereocenters. The van der Waals surface area contributed by atoms with Crippen LogP contribution >= 0.6 is 0 Å². The number of rotatable bonds is 9. The number of hydrogen-bond acceptors (Lipinski definition) is 4. The lowest BCUT2D eigenvalue weighted by Gasteiger charge is -2.11. The molecule has 0 aliphatic rings. The van der Waals surface area contributed by atoms with Crippen LogP contribution in [-0.4, -0.2) is 47.2 Å². The van der Waals surface area contributed by atoms with Gasteiger partial charge in [0.15, 0.2) is 0 Å². The number of methoxy groups -OCH3 is 1. The number of aryl methyl sites for hydroxylation is 1. The van der Waals surface area contributed by atoms with E-state index in [0.29, 0.717) is 32.8 Å². The van der Waals surface area contributed by atoms with Gasteiger partial charge < -0.3 is 15.2 Å². The van der Waals surface area contributed by atoms with E-state index in [-0.39, 0.29) is 5.69 Å². The second kappa shape index (κ2) is 8.07. The normalized spacial score (nSPS) is 12.8. The summed E-state index contributed by atoms with van der Waals surface area (Å²) in [6, 6.07) is 0. The highest BCUT2D eigenvalue weighted by Gasteiger charge is 2.08. The Bertz CT molecular complexity index is 386.